The molecule has 4 heterocycles. The van der Waals surface area contributed by atoms with Crippen LogP contribution in [-0.4, -0.2) is 19.1 Å². The molecule has 220 valence electrons. The first-order chi connectivity index (χ1) is 23.3. The smallest absolute Gasteiger partial charge is 0.235 e. The molecule has 0 radical (unpaired) electrons. The van der Waals surface area contributed by atoms with Crippen LogP contribution in [0.25, 0.3) is 88.6 Å². The number of para-hydroxylation sites is 3. The van der Waals surface area contributed by atoms with Gasteiger partial charge >= 0.3 is 0 Å². The molecule has 0 aliphatic heterocycles. The quantitative estimate of drug-likeness (QED) is 0.201. The van der Waals surface area contributed by atoms with Crippen LogP contribution < -0.4 is 0 Å². The number of fused-ring (bicyclic) bond motifs is 7. The van der Waals surface area contributed by atoms with Crippen molar-refractivity contribution in [3.63, 3.8) is 0 Å². The fraction of sp³-hybridized carbons (Fsp3) is 0. The number of furan rings is 1. The second kappa shape index (κ2) is 10.0. The highest BCUT2D eigenvalue weighted by atomic mass is 16.3. The molecule has 4 aromatic heterocycles. The summed E-state index contributed by atoms with van der Waals surface area (Å²) >= 11 is 0. The van der Waals surface area contributed by atoms with Gasteiger partial charge in [0.15, 0.2) is 0 Å². The number of hydrogen-bond acceptors (Lipinski definition) is 3. The van der Waals surface area contributed by atoms with E-state index in [2.05, 4.69) is 137 Å². The second-order valence-electron chi connectivity index (χ2n) is 11.9. The van der Waals surface area contributed by atoms with E-state index in [1.165, 1.54) is 38.3 Å². The van der Waals surface area contributed by atoms with E-state index in [0.717, 1.165) is 44.3 Å². The van der Waals surface area contributed by atoms with E-state index in [-0.39, 0.29) is 0 Å². The first kappa shape index (κ1) is 25.8. The molecule has 6 aromatic carbocycles. The lowest BCUT2D eigenvalue weighted by Crippen LogP contribution is -2.01. The number of nitrogens with zero attached hydrogens (tertiary/aromatic N) is 4. The van der Waals surface area contributed by atoms with Gasteiger partial charge in [-0.1, -0.05) is 84.9 Å². The van der Waals surface area contributed by atoms with Crippen LogP contribution in [-0.2, 0) is 0 Å². The number of benzene rings is 6. The zero-order valence-corrected chi connectivity index (χ0v) is 25.2. The van der Waals surface area contributed by atoms with Crippen LogP contribution in [0, 0.1) is 0 Å². The van der Waals surface area contributed by atoms with Gasteiger partial charge in [0.25, 0.3) is 0 Å². The average Bonchev–Trinajstić information content (AvgIpc) is 3.84. The molecule has 0 fully saturated rings. The van der Waals surface area contributed by atoms with Gasteiger partial charge in [0.2, 0.25) is 5.95 Å². The lowest BCUT2D eigenvalue weighted by Gasteiger charge is -2.10. The summed E-state index contributed by atoms with van der Waals surface area (Å²) in [4.78, 5) is 9.89. The summed E-state index contributed by atoms with van der Waals surface area (Å²) < 4.78 is 10.2. The highest BCUT2D eigenvalue weighted by Gasteiger charge is 2.19. The van der Waals surface area contributed by atoms with Gasteiger partial charge in [-0.15, -0.1) is 0 Å². The number of aromatic nitrogens is 4. The third kappa shape index (κ3) is 3.90. The van der Waals surface area contributed by atoms with E-state index < -0.39 is 0 Å². The summed E-state index contributed by atoms with van der Waals surface area (Å²) in [6, 6.07) is 51.3. The zero-order chi connectivity index (χ0) is 30.9. The Kier molecular flexibility index (Phi) is 5.51. The van der Waals surface area contributed by atoms with Crippen LogP contribution in [0.15, 0.2) is 162 Å². The van der Waals surface area contributed by atoms with Crippen molar-refractivity contribution in [2.75, 3.05) is 0 Å². The van der Waals surface area contributed by atoms with Crippen molar-refractivity contribution in [2.24, 2.45) is 0 Å². The molecular weight excluding hydrogens is 576 g/mol. The monoisotopic (exact) mass is 602 g/mol. The minimum atomic E-state index is 0.631. The van der Waals surface area contributed by atoms with Crippen molar-refractivity contribution in [3.05, 3.63) is 158 Å². The summed E-state index contributed by atoms with van der Waals surface area (Å²) in [7, 11) is 0. The van der Waals surface area contributed by atoms with Crippen molar-refractivity contribution in [2.45, 2.75) is 0 Å². The molecule has 0 atom stereocenters. The molecule has 47 heavy (non-hydrogen) atoms. The summed E-state index contributed by atoms with van der Waals surface area (Å²) in [5.74, 6) is 0.631. The molecule has 5 heteroatoms. The number of hydrogen-bond donors (Lipinski definition) is 0. The van der Waals surface area contributed by atoms with E-state index >= 15 is 0 Å². The van der Waals surface area contributed by atoms with E-state index in [1.54, 1.807) is 6.26 Å². The molecule has 0 aliphatic rings. The van der Waals surface area contributed by atoms with Crippen LogP contribution in [0.1, 0.15) is 0 Å². The Morgan fingerprint density at radius 1 is 0.511 bits per heavy atom. The van der Waals surface area contributed by atoms with Gasteiger partial charge in [0.1, 0.15) is 5.58 Å². The van der Waals surface area contributed by atoms with Crippen molar-refractivity contribution in [1.82, 2.24) is 19.1 Å². The first-order valence-electron chi connectivity index (χ1n) is 15.7. The van der Waals surface area contributed by atoms with Crippen molar-refractivity contribution in [1.29, 1.82) is 0 Å². The summed E-state index contributed by atoms with van der Waals surface area (Å²) in [5, 5.41) is 5.88. The van der Waals surface area contributed by atoms with E-state index in [9.17, 15) is 0 Å². The van der Waals surface area contributed by atoms with Crippen LogP contribution in [0.5, 0.6) is 0 Å². The van der Waals surface area contributed by atoms with Gasteiger partial charge in [0.05, 0.1) is 34.0 Å². The third-order valence-corrected chi connectivity index (χ3v) is 9.29. The zero-order valence-electron chi connectivity index (χ0n) is 25.2. The largest absolute Gasteiger partial charge is 0.464 e. The first-order valence-corrected chi connectivity index (χ1v) is 15.7. The minimum Gasteiger partial charge on any atom is -0.464 e. The van der Waals surface area contributed by atoms with Gasteiger partial charge in [-0.3, -0.25) is 4.57 Å². The van der Waals surface area contributed by atoms with Crippen molar-refractivity contribution < 1.29 is 4.42 Å². The van der Waals surface area contributed by atoms with Crippen LogP contribution in [0.3, 0.4) is 0 Å². The Bertz CT molecular complexity index is 2800. The van der Waals surface area contributed by atoms with Crippen LogP contribution in [0.2, 0.25) is 0 Å². The SMILES string of the molecule is c1ccc(-n2c3ccccc3c3cc(-c4cccc5c4c4ccccc4n5-c4nccc(-c5ccc6ccoc6c5)n4)ccc32)cc1. The molecule has 0 bridgehead atoms. The van der Waals surface area contributed by atoms with E-state index in [4.69, 9.17) is 14.4 Å². The molecule has 0 aliphatic carbocycles. The summed E-state index contributed by atoms with van der Waals surface area (Å²) in [6.45, 7) is 0. The maximum Gasteiger partial charge on any atom is 0.235 e. The predicted octanol–water partition coefficient (Wildman–Crippen LogP) is 10.8. The summed E-state index contributed by atoms with van der Waals surface area (Å²) in [5.41, 5.74) is 10.7. The lowest BCUT2D eigenvalue weighted by atomic mass is 9.98. The normalized spacial score (nSPS) is 11.8. The van der Waals surface area contributed by atoms with Gasteiger partial charge in [-0.05, 0) is 71.8 Å². The van der Waals surface area contributed by atoms with E-state index in [1.807, 2.05) is 24.4 Å². The van der Waals surface area contributed by atoms with E-state index in [0.29, 0.717) is 5.95 Å². The molecule has 0 N–H and O–H groups in total. The average molecular weight is 603 g/mol. The third-order valence-electron chi connectivity index (χ3n) is 9.29. The standard InChI is InChI=1S/C42H26N4O/c1-2-9-30(10-3-1)45-36-14-6-4-11-32(36)34-25-28(19-20-38(34)45)31-13-8-16-39-41(31)33-12-5-7-15-37(33)46(39)42-43-23-21-35(44-42)29-18-17-27-22-24-47-40(27)26-29/h1-26H. The van der Waals surface area contributed by atoms with Crippen LogP contribution in [0.4, 0.5) is 0 Å². The van der Waals surface area contributed by atoms with Crippen molar-refractivity contribution >= 4 is 54.6 Å². The Balaban J connectivity index is 1.19. The molecule has 0 saturated heterocycles. The molecule has 0 unspecified atom stereocenters. The lowest BCUT2D eigenvalue weighted by molar-refractivity contribution is 0.616. The molecular formula is C42H26N4O. The highest BCUT2D eigenvalue weighted by molar-refractivity contribution is 6.17. The molecule has 0 spiro atoms. The van der Waals surface area contributed by atoms with Gasteiger partial charge < -0.3 is 8.98 Å². The number of rotatable bonds is 4. The Morgan fingerprint density at radius 2 is 1.26 bits per heavy atom. The van der Waals surface area contributed by atoms with Crippen LogP contribution >= 0.6 is 0 Å². The molecule has 5 nitrogen and oxygen atoms in total. The molecule has 0 amide bonds. The van der Waals surface area contributed by atoms with Gasteiger partial charge in [0, 0.05) is 44.4 Å². The maximum absolute atomic E-state index is 5.68. The van der Waals surface area contributed by atoms with Gasteiger partial charge in [-0.2, -0.15) is 0 Å². The second-order valence-corrected chi connectivity index (χ2v) is 11.9. The van der Waals surface area contributed by atoms with Gasteiger partial charge in [-0.25, -0.2) is 9.97 Å². The maximum atomic E-state index is 5.68. The molecule has 10 aromatic rings. The highest BCUT2D eigenvalue weighted by Crippen LogP contribution is 2.40. The van der Waals surface area contributed by atoms with Crippen molar-refractivity contribution in [3.8, 4) is 34.0 Å². The fourth-order valence-corrected chi connectivity index (χ4v) is 7.20. The predicted molar refractivity (Wildman–Crippen MR) is 191 cm³/mol. The Labute approximate surface area is 269 Å². The fourth-order valence-electron chi connectivity index (χ4n) is 7.20. The molecule has 0 saturated carbocycles. The topological polar surface area (TPSA) is 48.8 Å². The molecule has 10 rings (SSSR count). The minimum absolute atomic E-state index is 0.631. The Morgan fingerprint density at radius 3 is 2.15 bits per heavy atom. The Hall–Kier alpha value is -6.46. The summed E-state index contributed by atoms with van der Waals surface area (Å²) in [6.07, 6.45) is 3.56.